The summed E-state index contributed by atoms with van der Waals surface area (Å²) in [5.74, 6) is -0.340. The van der Waals surface area contributed by atoms with E-state index in [0.717, 1.165) is 46.5 Å². The van der Waals surface area contributed by atoms with Crippen molar-refractivity contribution >= 4 is 66.6 Å². The van der Waals surface area contributed by atoms with Gasteiger partial charge in [0.05, 0.1) is 9.47 Å². The third-order valence-electron chi connectivity index (χ3n) is 4.99. The van der Waals surface area contributed by atoms with Gasteiger partial charge in [0.15, 0.2) is 5.06 Å². The minimum Gasteiger partial charge on any atom is -0.399 e. The fourth-order valence-electron chi connectivity index (χ4n) is 3.20. The first-order valence-electron chi connectivity index (χ1n) is 9.94. The molecule has 2 aromatic rings. The molecule has 0 spiro atoms. The molecule has 168 valence electrons. The van der Waals surface area contributed by atoms with Gasteiger partial charge < -0.3 is 25.2 Å². The topological polar surface area (TPSA) is 73.9 Å². The van der Waals surface area contributed by atoms with E-state index in [9.17, 15) is 9.59 Å². The highest BCUT2D eigenvalue weighted by Crippen LogP contribution is 2.31. The van der Waals surface area contributed by atoms with Gasteiger partial charge in [0.2, 0.25) is 5.91 Å². The lowest BCUT2D eigenvalue weighted by Crippen LogP contribution is -2.53. The largest absolute Gasteiger partial charge is 0.414 e. The summed E-state index contributed by atoms with van der Waals surface area (Å²) in [6, 6.07) is 9.25. The van der Waals surface area contributed by atoms with Crippen molar-refractivity contribution in [1.29, 1.82) is 0 Å². The maximum absolute atomic E-state index is 12.8. The van der Waals surface area contributed by atoms with Gasteiger partial charge in [-0.1, -0.05) is 11.3 Å². The van der Waals surface area contributed by atoms with E-state index in [1.165, 1.54) is 11.3 Å². The van der Waals surface area contributed by atoms with Gasteiger partial charge in [0.25, 0.3) is 0 Å². The number of carbonyl (C=O) groups is 2. The Morgan fingerprint density at radius 3 is 2.55 bits per heavy atom. The van der Waals surface area contributed by atoms with Crippen LogP contribution in [0.1, 0.15) is 20.3 Å². The molecule has 31 heavy (non-hydrogen) atoms. The van der Waals surface area contributed by atoms with E-state index in [1.54, 1.807) is 26.0 Å². The molecule has 1 aliphatic rings. The minimum atomic E-state index is -1.16. The fourth-order valence-corrected chi connectivity index (χ4v) is 5.02. The van der Waals surface area contributed by atoms with Crippen LogP contribution in [0.4, 0.5) is 16.2 Å². The van der Waals surface area contributed by atoms with Gasteiger partial charge in [0, 0.05) is 29.8 Å². The van der Waals surface area contributed by atoms with Crippen molar-refractivity contribution in [3.63, 3.8) is 0 Å². The first kappa shape index (κ1) is 24.0. The maximum Gasteiger partial charge on any atom is 0.414 e. The van der Waals surface area contributed by atoms with Gasteiger partial charge in [-0.2, -0.15) is 0 Å². The Balaban J connectivity index is 1.60. The monoisotopic (exact) mass is 572 g/mol. The summed E-state index contributed by atoms with van der Waals surface area (Å²) in [6.07, 6.45) is 0.428. The van der Waals surface area contributed by atoms with Gasteiger partial charge in [-0.25, -0.2) is 4.79 Å². The highest BCUT2D eigenvalue weighted by molar-refractivity contribution is 9.11. The summed E-state index contributed by atoms with van der Waals surface area (Å²) in [7, 11) is 2.14. The molecule has 0 unspecified atom stereocenters. The van der Waals surface area contributed by atoms with Crippen molar-refractivity contribution < 1.29 is 14.3 Å². The van der Waals surface area contributed by atoms with Crippen molar-refractivity contribution in [2.24, 2.45) is 0 Å². The standard InChI is InChI=1S/C21H26Br2N4O3S/c1-21(2,25-20(29)30-18-8-7-17(23)31-18)19(28)24-14-5-6-16(15(22)13-14)27-10-4-9-26(3)11-12-27/h5-8,13H,4,9-12H2,1-3H3,(H,24,28)(H,25,29). The molecule has 1 fully saturated rings. The van der Waals surface area contributed by atoms with Gasteiger partial charge >= 0.3 is 6.09 Å². The predicted octanol–water partition coefficient (Wildman–Crippen LogP) is 4.92. The molecule has 7 nitrogen and oxygen atoms in total. The summed E-state index contributed by atoms with van der Waals surface area (Å²) in [5, 5.41) is 5.94. The van der Waals surface area contributed by atoms with Gasteiger partial charge in [-0.3, -0.25) is 4.79 Å². The Kier molecular flexibility index (Phi) is 8.01. The number of anilines is 2. The maximum atomic E-state index is 12.8. The number of ether oxygens (including phenoxy) is 1. The highest BCUT2D eigenvalue weighted by atomic mass is 79.9. The molecule has 2 amide bonds. The highest BCUT2D eigenvalue weighted by Gasteiger charge is 2.31. The molecule has 0 bridgehead atoms. The van der Waals surface area contributed by atoms with Crippen LogP contribution < -0.4 is 20.3 Å². The first-order valence-corrected chi connectivity index (χ1v) is 12.3. The number of carbonyl (C=O) groups excluding carboxylic acids is 2. The van der Waals surface area contributed by atoms with Crippen molar-refractivity contribution in [2.45, 2.75) is 25.8 Å². The molecule has 0 radical (unpaired) electrons. The van der Waals surface area contributed by atoms with E-state index in [4.69, 9.17) is 4.74 Å². The molecule has 2 N–H and O–H groups in total. The lowest BCUT2D eigenvalue weighted by molar-refractivity contribution is -0.121. The van der Waals surface area contributed by atoms with Crippen LogP contribution >= 0.6 is 43.2 Å². The molecule has 2 heterocycles. The Bertz CT molecular complexity index is 950. The molecule has 0 aliphatic carbocycles. The second-order valence-electron chi connectivity index (χ2n) is 7.96. The lowest BCUT2D eigenvalue weighted by Gasteiger charge is -2.26. The van der Waals surface area contributed by atoms with Crippen molar-refractivity contribution in [1.82, 2.24) is 10.2 Å². The Morgan fingerprint density at radius 1 is 1.10 bits per heavy atom. The zero-order valence-corrected chi connectivity index (χ0v) is 21.7. The minimum absolute atomic E-state index is 0.340. The van der Waals surface area contributed by atoms with Crippen LogP contribution in [0.2, 0.25) is 0 Å². The van der Waals surface area contributed by atoms with Crippen LogP contribution in [0.15, 0.2) is 38.6 Å². The van der Waals surface area contributed by atoms with E-state index in [1.807, 2.05) is 18.2 Å². The van der Waals surface area contributed by atoms with Gasteiger partial charge in [0.1, 0.15) is 5.54 Å². The van der Waals surface area contributed by atoms with Crippen LogP contribution in [0.25, 0.3) is 0 Å². The molecule has 1 aliphatic heterocycles. The van der Waals surface area contributed by atoms with Crippen LogP contribution in [0.5, 0.6) is 5.06 Å². The second-order valence-corrected chi connectivity index (χ2v) is 11.2. The number of thiophene rings is 1. The summed E-state index contributed by atoms with van der Waals surface area (Å²) in [6.45, 7) is 7.32. The zero-order valence-electron chi connectivity index (χ0n) is 17.7. The number of halogens is 2. The summed E-state index contributed by atoms with van der Waals surface area (Å²) < 4.78 is 7.01. The van der Waals surface area contributed by atoms with E-state index in [-0.39, 0.29) is 5.91 Å². The summed E-state index contributed by atoms with van der Waals surface area (Å²) in [5.41, 5.74) is 0.598. The third-order valence-corrected chi connectivity index (χ3v) is 7.13. The van der Waals surface area contributed by atoms with Crippen LogP contribution in [-0.4, -0.2) is 55.7 Å². The van der Waals surface area contributed by atoms with Gasteiger partial charge in [-0.15, -0.1) is 0 Å². The fraction of sp³-hybridized carbons (Fsp3) is 0.429. The quantitative estimate of drug-likeness (QED) is 0.531. The van der Waals surface area contributed by atoms with Gasteiger partial charge in [-0.05, 0) is 96.1 Å². The van der Waals surface area contributed by atoms with Crippen molar-refractivity contribution in [3.05, 3.63) is 38.6 Å². The Hall–Kier alpha value is -1.62. The normalized spacial score (nSPS) is 15.3. The van der Waals surface area contributed by atoms with E-state index >= 15 is 0 Å². The molecule has 0 saturated carbocycles. The molecular weight excluding hydrogens is 548 g/mol. The smallest absolute Gasteiger partial charge is 0.399 e. The van der Waals surface area contributed by atoms with Crippen LogP contribution in [0.3, 0.4) is 0 Å². The average Bonchev–Trinajstić information content (AvgIpc) is 2.96. The Morgan fingerprint density at radius 2 is 1.87 bits per heavy atom. The molecule has 3 rings (SSSR count). The second kappa shape index (κ2) is 10.3. The van der Waals surface area contributed by atoms with E-state index < -0.39 is 11.6 Å². The van der Waals surface area contributed by atoms with E-state index in [2.05, 4.69) is 59.3 Å². The summed E-state index contributed by atoms with van der Waals surface area (Å²) in [4.78, 5) is 29.7. The average molecular weight is 574 g/mol. The number of amides is 2. The van der Waals surface area contributed by atoms with Crippen molar-refractivity contribution in [2.75, 3.05) is 43.4 Å². The Labute approximate surface area is 203 Å². The third kappa shape index (κ3) is 6.68. The van der Waals surface area contributed by atoms with Crippen LogP contribution in [-0.2, 0) is 4.79 Å². The number of likely N-dealkylation sites (N-methyl/N-ethyl adjacent to an activating group) is 1. The molecule has 1 saturated heterocycles. The molecular formula is C21H26Br2N4O3S. The number of nitrogens with one attached hydrogen (secondary N) is 2. The molecule has 0 atom stereocenters. The first-order chi connectivity index (χ1) is 14.6. The predicted molar refractivity (Wildman–Crippen MR) is 132 cm³/mol. The number of rotatable bonds is 5. The number of nitrogens with zero attached hydrogens (tertiary/aromatic N) is 2. The van der Waals surface area contributed by atoms with Crippen LogP contribution in [0, 0.1) is 0 Å². The molecule has 10 heteroatoms. The SMILES string of the molecule is CN1CCCN(c2ccc(NC(=O)C(C)(C)NC(=O)Oc3ccc(Br)s3)cc2Br)CC1. The zero-order chi connectivity index (χ0) is 22.6. The molecule has 1 aromatic carbocycles. The number of hydrogen-bond acceptors (Lipinski definition) is 6. The number of hydrogen-bond donors (Lipinski definition) is 2. The number of benzene rings is 1. The lowest BCUT2D eigenvalue weighted by atomic mass is 10.0. The molecule has 1 aromatic heterocycles. The van der Waals surface area contributed by atoms with E-state index in [0.29, 0.717) is 10.8 Å². The van der Waals surface area contributed by atoms with Crippen molar-refractivity contribution in [3.8, 4) is 5.06 Å². The summed E-state index contributed by atoms with van der Waals surface area (Å²) >= 11 is 8.25.